The van der Waals surface area contributed by atoms with Gasteiger partial charge in [-0.2, -0.15) is 0 Å². The van der Waals surface area contributed by atoms with Crippen molar-refractivity contribution < 1.29 is 18.3 Å². The van der Waals surface area contributed by atoms with Gasteiger partial charge in [-0.05, 0) is 26.8 Å². The van der Waals surface area contributed by atoms with Gasteiger partial charge in [-0.25, -0.2) is 18.6 Å². The van der Waals surface area contributed by atoms with E-state index in [-0.39, 0.29) is 12.1 Å². The number of aromatic nitrogens is 2. The molecule has 7 heteroatoms. The van der Waals surface area contributed by atoms with Crippen LogP contribution in [0.25, 0.3) is 11.3 Å². The molecule has 0 bridgehead atoms. The van der Waals surface area contributed by atoms with Crippen molar-refractivity contribution in [3.8, 4) is 11.3 Å². The number of hydrogen-bond donors (Lipinski definition) is 0. The summed E-state index contributed by atoms with van der Waals surface area (Å²) < 4.78 is 32.5. The average molecular weight is 361 g/mol. The van der Waals surface area contributed by atoms with Crippen LogP contribution in [0.3, 0.4) is 0 Å². The van der Waals surface area contributed by atoms with Gasteiger partial charge in [0.15, 0.2) is 0 Å². The summed E-state index contributed by atoms with van der Waals surface area (Å²) in [5.74, 6) is -2.93. The van der Waals surface area contributed by atoms with E-state index in [1.165, 1.54) is 12.1 Å². The highest BCUT2D eigenvalue weighted by Gasteiger charge is 2.37. The largest absolute Gasteiger partial charge is 0.441 e. The Kier molecular flexibility index (Phi) is 4.42. The van der Waals surface area contributed by atoms with Gasteiger partial charge in [-0.15, -0.1) is 0 Å². The fourth-order valence-corrected chi connectivity index (χ4v) is 2.89. The highest BCUT2D eigenvalue weighted by molar-refractivity contribution is 5.70. The topological polar surface area (TPSA) is 55.3 Å². The summed E-state index contributed by atoms with van der Waals surface area (Å²) in [5, 5.41) is 0. The van der Waals surface area contributed by atoms with Crippen molar-refractivity contribution in [1.82, 2.24) is 14.9 Å². The minimum atomic E-state index is -2.93. The zero-order chi connectivity index (χ0) is 19.1. The van der Waals surface area contributed by atoms with E-state index in [2.05, 4.69) is 9.97 Å². The Morgan fingerprint density at radius 3 is 2.69 bits per heavy atom. The Morgan fingerprint density at radius 2 is 2.08 bits per heavy atom. The standard InChI is InChI=1S/C19H21F2N3O2/c1-12-16(10-24-11-18(2,3)26-17(24)25)23-15(9-22-12)13-6-5-7-14(8-13)19(4,20)21/h5-9H,10-11H2,1-4H3. The van der Waals surface area contributed by atoms with Crippen molar-refractivity contribution in [3.63, 3.8) is 0 Å². The molecule has 3 rings (SSSR count). The van der Waals surface area contributed by atoms with E-state index in [4.69, 9.17) is 4.74 Å². The zero-order valence-electron chi connectivity index (χ0n) is 15.2. The second-order valence-electron chi connectivity index (χ2n) is 7.24. The van der Waals surface area contributed by atoms with Crippen molar-refractivity contribution in [2.75, 3.05) is 6.54 Å². The second-order valence-corrected chi connectivity index (χ2v) is 7.24. The van der Waals surface area contributed by atoms with Crippen molar-refractivity contribution in [2.45, 2.75) is 45.8 Å². The third-order valence-corrected chi connectivity index (χ3v) is 4.25. The molecule has 0 saturated carbocycles. The van der Waals surface area contributed by atoms with Crippen LogP contribution < -0.4 is 0 Å². The lowest BCUT2D eigenvalue weighted by Gasteiger charge is -2.16. The third-order valence-electron chi connectivity index (χ3n) is 4.25. The molecule has 1 fully saturated rings. The van der Waals surface area contributed by atoms with Crippen LogP contribution in [0.4, 0.5) is 13.6 Å². The summed E-state index contributed by atoms with van der Waals surface area (Å²) in [7, 11) is 0. The van der Waals surface area contributed by atoms with E-state index in [0.717, 1.165) is 6.92 Å². The number of hydrogen-bond acceptors (Lipinski definition) is 4. The van der Waals surface area contributed by atoms with E-state index < -0.39 is 17.6 Å². The quantitative estimate of drug-likeness (QED) is 0.815. The number of carbonyl (C=O) groups excluding carboxylic acids is 1. The maximum atomic E-state index is 13.6. The molecule has 1 aromatic carbocycles. The number of cyclic esters (lactones) is 1. The Hall–Kier alpha value is -2.57. The smallest absolute Gasteiger partial charge is 0.410 e. The molecule has 0 radical (unpaired) electrons. The molecule has 0 unspecified atom stereocenters. The number of ether oxygens (including phenoxy) is 1. The summed E-state index contributed by atoms with van der Waals surface area (Å²) >= 11 is 0. The maximum Gasteiger partial charge on any atom is 0.410 e. The van der Waals surface area contributed by atoms with E-state index in [1.54, 1.807) is 30.2 Å². The van der Waals surface area contributed by atoms with Gasteiger partial charge in [0.25, 0.3) is 5.92 Å². The monoisotopic (exact) mass is 361 g/mol. The summed E-state index contributed by atoms with van der Waals surface area (Å²) in [6.45, 7) is 7.06. The molecule has 138 valence electrons. The maximum absolute atomic E-state index is 13.6. The number of rotatable bonds is 4. The van der Waals surface area contributed by atoms with Gasteiger partial charge in [0.2, 0.25) is 0 Å². The van der Waals surface area contributed by atoms with Crippen molar-refractivity contribution in [1.29, 1.82) is 0 Å². The molecule has 1 saturated heterocycles. The summed E-state index contributed by atoms with van der Waals surface area (Å²) in [4.78, 5) is 22.4. The molecule has 5 nitrogen and oxygen atoms in total. The predicted molar refractivity (Wildman–Crippen MR) is 92.7 cm³/mol. The minimum Gasteiger partial charge on any atom is -0.441 e. The molecule has 2 aromatic rings. The SMILES string of the molecule is Cc1ncc(-c2cccc(C(C)(F)F)c2)nc1CN1CC(C)(C)OC1=O. The third kappa shape index (κ3) is 3.81. The predicted octanol–water partition coefficient (Wildman–Crippen LogP) is 4.29. The number of halogens is 2. The molecule has 26 heavy (non-hydrogen) atoms. The van der Waals surface area contributed by atoms with Gasteiger partial charge in [-0.1, -0.05) is 18.2 Å². The van der Waals surface area contributed by atoms with Gasteiger partial charge in [0.1, 0.15) is 5.60 Å². The first kappa shape index (κ1) is 18.2. The van der Waals surface area contributed by atoms with Crippen LogP contribution in [0.5, 0.6) is 0 Å². The fourth-order valence-electron chi connectivity index (χ4n) is 2.89. The molecular weight excluding hydrogens is 340 g/mol. The molecule has 1 amide bonds. The van der Waals surface area contributed by atoms with Gasteiger partial charge in [0.05, 0.1) is 36.4 Å². The lowest BCUT2D eigenvalue weighted by Crippen LogP contribution is -2.28. The molecule has 1 aliphatic rings. The minimum absolute atomic E-state index is 0.0798. The normalized spacial score (nSPS) is 16.7. The fraction of sp³-hybridized carbons (Fsp3) is 0.421. The Balaban J connectivity index is 1.90. The van der Waals surface area contributed by atoms with Crippen LogP contribution in [-0.2, 0) is 17.2 Å². The highest BCUT2D eigenvalue weighted by atomic mass is 19.3. The zero-order valence-corrected chi connectivity index (χ0v) is 15.2. The number of carbonyl (C=O) groups is 1. The van der Waals surface area contributed by atoms with Gasteiger partial charge < -0.3 is 4.74 Å². The van der Waals surface area contributed by atoms with Crippen LogP contribution in [0.1, 0.15) is 37.7 Å². The molecule has 2 heterocycles. The Bertz CT molecular complexity index is 847. The lowest BCUT2D eigenvalue weighted by molar-refractivity contribution is 0.0175. The molecule has 0 atom stereocenters. The van der Waals surface area contributed by atoms with Gasteiger partial charge in [0, 0.05) is 18.1 Å². The van der Waals surface area contributed by atoms with Gasteiger partial charge >= 0.3 is 6.09 Å². The molecule has 0 N–H and O–H groups in total. The van der Waals surface area contributed by atoms with Crippen LogP contribution in [0, 0.1) is 6.92 Å². The molecule has 0 spiro atoms. The first-order chi connectivity index (χ1) is 12.0. The number of nitrogens with zero attached hydrogens (tertiary/aromatic N) is 3. The van der Waals surface area contributed by atoms with E-state index in [0.29, 0.717) is 29.2 Å². The first-order valence-electron chi connectivity index (χ1n) is 8.34. The van der Waals surface area contributed by atoms with Gasteiger partial charge in [-0.3, -0.25) is 9.88 Å². The van der Waals surface area contributed by atoms with E-state index in [1.807, 2.05) is 13.8 Å². The summed E-state index contributed by atoms with van der Waals surface area (Å²) in [6, 6.07) is 6.08. The highest BCUT2D eigenvalue weighted by Crippen LogP contribution is 2.30. The van der Waals surface area contributed by atoms with Crippen LogP contribution >= 0.6 is 0 Å². The molecule has 1 aromatic heterocycles. The number of alkyl halides is 2. The van der Waals surface area contributed by atoms with Crippen molar-refractivity contribution in [3.05, 3.63) is 47.4 Å². The van der Waals surface area contributed by atoms with Crippen molar-refractivity contribution in [2.24, 2.45) is 0 Å². The van der Waals surface area contributed by atoms with Crippen LogP contribution in [0.15, 0.2) is 30.5 Å². The van der Waals surface area contributed by atoms with Crippen molar-refractivity contribution >= 4 is 6.09 Å². The Morgan fingerprint density at radius 1 is 1.35 bits per heavy atom. The molecular formula is C19H21F2N3O2. The Labute approximate surface area is 151 Å². The summed E-state index contributed by atoms with van der Waals surface area (Å²) in [6.07, 6.45) is 1.16. The van der Waals surface area contributed by atoms with E-state index >= 15 is 0 Å². The number of aryl methyl sites for hydroxylation is 1. The number of amides is 1. The van der Waals surface area contributed by atoms with E-state index in [9.17, 15) is 13.6 Å². The van der Waals surface area contributed by atoms with Crippen LogP contribution in [-0.4, -0.2) is 33.1 Å². The number of benzene rings is 1. The first-order valence-corrected chi connectivity index (χ1v) is 8.34. The summed E-state index contributed by atoms with van der Waals surface area (Å²) in [5.41, 5.74) is 1.72. The average Bonchev–Trinajstić information content (AvgIpc) is 2.81. The van der Waals surface area contributed by atoms with Crippen LogP contribution in [0.2, 0.25) is 0 Å². The molecule has 1 aliphatic heterocycles. The second kappa shape index (κ2) is 6.30. The lowest BCUT2D eigenvalue weighted by atomic mass is 10.0. The molecule has 0 aliphatic carbocycles.